The number of nitrogens with zero attached hydrogens (tertiary/aromatic N) is 1. The lowest BCUT2D eigenvalue weighted by atomic mass is 9.94. The van der Waals surface area contributed by atoms with Crippen molar-refractivity contribution in [2.45, 2.75) is 0 Å². The Morgan fingerprint density at radius 1 is 0.364 bits per heavy atom. The van der Waals surface area contributed by atoms with Gasteiger partial charge in [-0.2, -0.15) is 0 Å². The molecule has 0 aliphatic heterocycles. The van der Waals surface area contributed by atoms with Crippen molar-refractivity contribution in [2.75, 3.05) is 0 Å². The summed E-state index contributed by atoms with van der Waals surface area (Å²) in [5, 5.41) is 13.0. The molecule has 204 valence electrons. The van der Waals surface area contributed by atoms with Gasteiger partial charge in [-0.3, -0.25) is 0 Å². The number of thiophene rings is 1. The third kappa shape index (κ3) is 3.29. The molecule has 0 radical (unpaired) electrons. The third-order valence-corrected chi connectivity index (χ3v) is 10.5. The van der Waals surface area contributed by atoms with E-state index < -0.39 is 0 Å². The Labute approximate surface area is 257 Å². The first-order valence-corrected chi connectivity index (χ1v) is 15.9. The molecule has 0 saturated carbocycles. The van der Waals surface area contributed by atoms with E-state index in [2.05, 4.69) is 156 Å². The number of hydrogen-bond acceptors (Lipinski definition) is 1. The summed E-state index contributed by atoms with van der Waals surface area (Å²) in [6, 6.07) is 55.9. The van der Waals surface area contributed by atoms with E-state index >= 15 is 0 Å². The smallest absolute Gasteiger partial charge is 0.0634 e. The molecule has 2 aromatic heterocycles. The molecule has 0 aliphatic rings. The summed E-state index contributed by atoms with van der Waals surface area (Å²) in [6.07, 6.45) is 0. The highest BCUT2D eigenvalue weighted by atomic mass is 32.1. The summed E-state index contributed by atoms with van der Waals surface area (Å²) in [7, 11) is 0. The number of benzene rings is 8. The Morgan fingerprint density at radius 2 is 0.977 bits per heavy atom. The lowest BCUT2D eigenvalue weighted by Gasteiger charge is -2.14. The second kappa shape index (κ2) is 9.03. The summed E-state index contributed by atoms with van der Waals surface area (Å²) < 4.78 is 5.17. The minimum atomic E-state index is 1.19. The summed E-state index contributed by atoms with van der Waals surface area (Å²) in [4.78, 5) is 0. The molecule has 44 heavy (non-hydrogen) atoms. The molecule has 0 bridgehead atoms. The maximum absolute atomic E-state index is 2.52. The van der Waals surface area contributed by atoms with Crippen molar-refractivity contribution in [3.8, 4) is 16.8 Å². The monoisotopic (exact) mass is 575 g/mol. The van der Waals surface area contributed by atoms with Crippen LogP contribution in [0.25, 0.3) is 91.1 Å². The normalized spacial score (nSPS) is 12.1. The van der Waals surface area contributed by atoms with Gasteiger partial charge < -0.3 is 4.57 Å². The van der Waals surface area contributed by atoms with E-state index in [1.165, 1.54) is 91.1 Å². The Bertz CT molecular complexity index is 2730. The van der Waals surface area contributed by atoms with Crippen LogP contribution in [0.5, 0.6) is 0 Å². The van der Waals surface area contributed by atoms with Gasteiger partial charge in [-0.15, -0.1) is 11.3 Å². The second-order valence-electron chi connectivity index (χ2n) is 11.7. The summed E-state index contributed by atoms with van der Waals surface area (Å²) in [5.41, 5.74) is 6.18. The van der Waals surface area contributed by atoms with Crippen molar-refractivity contribution < 1.29 is 0 Å². The molecule has 0 saturated heterocycles. The van der Waals surface area contributed by atoms with Gasteiger partial charge in [0.1, 0.15) is 0 Å². The zero-order chi connectivity index (χ0) is 28.8. The van der Waals surface area contributed by atoms with Crippen LogP contribution < -0.4 is 0 Å². The molecule has 0 amide bonds. The molecular formula is C42H25NS. The standard InChI is InChI=1S/C42H25NS/c1-2-10-26(11-3-1)27-18-22-38-37(24-27)34-21-23-40-41(35-16-8-9-17-39(35)44-40)42(34)43(38)28-19-20-33-31-14-5-4-12-29(31)30-13-6-7-15-32(30)36(33)25-28/h1-25H. The highest BCUT2D eigenvalue weighted by Gasteiger charge is 2.19. The largest absolute Gasteiger partial charge is 0.309 e. The quantitative estimate of drug-likeness (QED) is 0.181. The molecule has 2 heteroatoms. The van der Waals surface area contributed by atoms with Crippen LogP contribution in [0.3, 0.4) is 0 Å². The van der Waals surface area contributed by atoms with Gasteiger partial charge in [-0.1, -0.05) is 115 Å². The van der Waals surface area contributed by atoms with Crippen LogP contribution in [0.2, 0.25) is 0 Å². The zero-order valence-corrected chi connectivity index (χ0v) is 24.6. The first-order chi connectivity index (χ1) is 21.8. The van der Waals surface area contributed by atoms with Gasteiger partial charge in [0.15, 0.2) is 0 Å². The Morgan fingerprint density at radius 3 is 1.73 bits per heavy atom. The first-order valence-electron chi connectivity index (χ1n) is 15.1. The SMILES string of the molecule is c1ccc(-c2ccc3c(c2)c2ccc4sc5ccccc5c4c2n3-c2ccc3c4ccccc4c4ccccc4c3c2)cc1. The Hall–Kier alpha value is -5.44. The Kier molecular flexibility index (Phi) is 4.94. The molecule has 0 N–H and O–H groups in total. The van der Waals surface area contributed by atoms with Crippen molar-refractivity contribution in [1.29, 1.82) is 0 Å². The van der Waals surface area contributed by atoms with Crippen molar-refractivity contribution in [2.24, 2.45) is 0 Å². The van der Waals surface area contributed by atoms with Gasteiger partial charge in [-0.05, 0) is 79.8 Å². The average Bonchev–Trinajstić information content (AvgIpc) is 3.64. The van der Waals surface area contributed by atoms with Gasteiger partial charge in [0.05, 0.1) is 11.0 Å². The average molecular weight is 576 g/mol. The van der Waals surface area contributed by atoms with Crippen LogP contribution in [-0.2, 0) is 0 Å². The van der Waals surface area contributed by atoms with Crippen LogP contribution in [0, 0.1) is 0 Å². The maximum Gasteiger partial charge on any atom is 0.0634 e. The number of hydrogen-bond donors (Lipinski definition) is 0. The van der Waals surface area contributed by atoms with E-state index in [0.29, 0.717) is 0 Å². The van der Waals surface area contributed by atoms with Crippen LogP contribution in [-0.4, -0.2) is 4.57 Å². The fraction of sp³-hybridized carbons (Fsp3) is 0. The van der Waals surface area contributed by atoms with Gasteiger partial charge in [0.2, 0.25) is 0 Å². The van der Waals surface area contributed by atoms with Gasteiger partial charge in [0, 0.05) is 36.6 Å². The number of fused-ring (bicyclic) bond motifs is 13. The minimum absolute atomic E-state index is 1.19. The van der Waals surface area contributed by atoms with Gasteiger partial charge in [-0.25, -0.2) is 0 Å². The lowest BCUT2D eigenvalue weighted by molar-refractivity contribution is 1.19. The highest BCUT2D eigenvalue weighted by molar-refractivity contribution is 7.26. The molecule has 10 rings (SSSR count). The fourth-order valence-corrected chi connectivity index (χ4v) is 8.54. The van der Waals surface area contributed by atoms with Crippen LogP contribution in [0.1, 0.15) is 0 Å². The van der Waals surface area contributed by atoms with Crippen LogP contribution >= 0.6 is 11.3 Å². The molecule has 0 atom stereocenters. The molecule has 0 spiro atoms. The predicted octanol–water partition coefficient (Wildman–Crippen LogP) is 12.3. The fourth-order valence-electron chi connectivity index (χ4n) is 7.43. The molecule has 2 heterocycles. The van der Waals surface area contributed by atoms with Crippen molar-refractivity contribution >= 4 is 85.6 Å². The summed E-state index contributed by atoms with van der Waals surface area (Å²) in [6.45, 7) is 0. The molecule has 0 aliphatic carbocycles. The van der Waals surface area contributed by atoms with E-state index in [4.69, 9.17) is 0 Å². The van der Waals surface area contributed by atoms with E-state index in [9.17, 15) is 0 Å². The molecular weight excluding hydrogens is 551 g/mol. The third-order valence-electron chi connectivity index (χ3n) is 9.36. The van der Waals surface area contributed by atoms with Gasteiger partial charge >= 0.3 is 0 Å². The minimum Gasteiger partial charge on any atom is -0.309 e. The van der Waals surface area contributed by atoms with E-state index in [1.54, 1.807) is 0 Å². The predicted molar refractivity (Wildman–Crippen MR) is 192 cm³/mol. The van der Waals surface area contributed by atoms with Crippen molar-refractivity contribution in [3.63, 3.8) is 0 Å². The van der Waals surface area contributed by atoms with E-state index in [0.717, 1.165) is 0 Å². The number of rotatable bonds is 2. The summed E-state index contributed by atoms with van der Waals surface area (Å²) in [5.74, 6) is 0. The molecule has 10 aromatic rings. The molecule has 0 unspecified atom stereocenters. The van der Waals surface area contributed by atoms with Crippen molar-refractivity contribution in [1.82, 2.24) is 4.57 Å². The van der Waals surface area contributed by atoms with Crippen LogP contribution in [0.15, 0.2) is 152 Å². The number of aromatic nitrogens is 1. The van der Waals surface area contributed by atoms with Crippen LogP contribution in [0.4, 0.5) is 0 Å². The summed E-state index contributed by atoms with van der Waals surface area (Å²) >= 11 is 1.88. The van der Waals surface area contributed by atoms with E-state index in [-0.39, 0.29) is 0 Å². The van der Waals surface area contributed by atoms with E-state index in [1.807, 2.05) is 11.3 Å². The zero-order valence-electron chi connectivity index (χ0n) is 23.8. The molecule has 8 aromatic carbocycles. The topological polar surface area (TPSA) is 4.93 Å². The Balaban J connectivity index is 1.38. The lowest BCUT2D eigenvalue weighted by Crippen LogP contribution is -1.95. The van der Waals surface area contributed by atoms with Crippen molar-refractivity contribution in [3.05, 3.63) is 152 Å². The second-order valence-corrected chi connectivity index (χ2v) is 12.8. The highest BCUT2D eigenvalue weighted by Crippen LogP contribution is 2.44. The molecule has 1 nitrogen and oxygen atoms in total. The maximum atomic E-state index is 2.52. The van der Waals surface area contributed by atoms with Gasteiger partial charge in [0.25, 0.3) is 0 Å². The first kappa shape index (κ1) is 24.0. The molecule has 0 fully saturated rings.